The van der Waals surface area contributed by atoms with Crippen LogP contribution in [-0.2, 0) is 6.54 Å². The molecule has 7 heteroatoms. The Balaban J connectivity index is 1.67. The van der Waals surface area contributed by atoms with E-state index in [4.69, 9.17) is 0 Å². The number of nitrogens with zero attached hydrogens (tertiary/aromatic N) is 3. The SMILES string of the molecule is Cc1ccc(-c2ccc(=O)n(CC(=O)c3cc(C)n(-c4cccc(F)c4)c3C)n2)s1. The van der Waals surface area contributed by atoms with Gasteiger partial charge in [-0.25, -0.2) is 9.07 Å². The normalized spacial score (nSPS) is 11.1. The summed E-state index contributed by atoms with van der Waals surface area (Å²) in [5.74, 6) is -0.566. The number of rotatable bonds is 5. The number of Topliss-reactive ketones (excluding diaryl/α,β-unsaturated/α-hetero) is 1. The Hall–Kier alpha value is -3.32. The number of carbonyl (C=O) groups is 1. The number of hydrogen-bond donors (Lipinski definition) is 0. The average Bonchev–Trinajstić information content (AvgIpc) is 3.26. The summed E-state index contributed by atoms with van der Waals surface area (Å²) >= 11 is 1.58. The standard InChI is InChI=1S/C23H20FN3O2S/c1-14-11-19(16(3)27(14)18-6-4-5-17(24)12-18)21(28)13-26-23(29)10-8-20(25-26)22-9-7-15(2)30-22/h4-12H,13H2,1-3H3. The fourth-order valence-corrected chi connectivity index (χ4v) is 4.38. The van der Waals surface area contributed by atoms with Gasteiger partial charge in [0.15, 0.2) is 5.78 Å². The van der Waals surface area contributed by atoms with E-state index in [2.05, 4.69) is 5.10 Å². The van der Waals surface area contributed by atoms with E-state index in [1.165, 1.54) is 22.9 Å². The van der Waals surface area contributed by atoms with Gasteiger partial charge in [0, 0.05) is 33.6 Å². The lowest BCUT2D eigenvalue weighted by Crippen LogP contribution is -2.26. The highest BCUT2D eigenvalue weighted by Crippen LogP contribution is 2.25. The Morgan fingerprint density at radius 2 is 1.87 bits per heavy atom. The molecule has 1 aromatic carbocycles. The van der Waals surface area contributed by atoms with E-state index in [0.29, 0.717) is 22.6 Å². The summed E-state index contributed by atoms with van der Waals surface area (Å²) in [6, 6.07) is 15.0. The molecule has 0 aliphatic heterocycles. The summed E-state index contributed by atoms with van der Waals surface area (Å²) in [6.45, 7) is 5.51. The number of aryl methyl sites for hydroxylation is 2. The van der Waals surface area contributed by atoms with Gasteiger partial charge in [-0.05, 0) is 63.2 Å². The number of aromatic nitrogens is 3. The van der Waals surface area contributed by atoms with Crippen molar-refractivity contribution in [1.29, 1.82) is 0 Å². The maximum atomic E-state index is 13.7. The Bertz CT molecular complexity index is 1320. The predicted octanol–water partition coefficient (Wildman–Crippen LogP) is 4.71. The average molecular weight is 421 g/mol. The molecule has 0 spiro atoms. The molecule has 152 valence electrons. The first-order valence-corrected chi connectivity index (χ1v) is 10.3. The van der Waals surface area contributed by atoms with Crippen molar-refractivity contribution in [2.24, 2.45) is 0 Å². The van der Waals surface area contributed by atoms with Crippen molar-refractivity contribution in [1.82, 2.24) is 14.3 Å². The maximum Gasteiger partial charge on any atom is 0.267 e. The summed E-state index contributed by atoms with van der Waals surface area (Å²) in [4.78, 5) is 27.4. The molecule has 0 unspecified atom stereocenters. The number of ketones is 1. The van der Waals surface area contributed by atoms with Crippen LogP contribution in [0.25, 0.3) is 16.3 Å². The van der Waals surface area contributed by atoms with E-state index < -0.39 is 0 Å². The second-order valence-electron chi connectivity index (χ2n) is 7.15. The van der Waals surface area contributed by atoms with Gasteiger partial charge in [0.25, 0.3) is 5.56 Å². The number of thiophene rings is 1. The number of halogens is 1. The molecule has 3 aromatic heterocycles. The van der Waals surface area contributed by atoms with Crippen LogP contribution in [0, 0.1) is 26.6 Å². The molecule has 0 N–H and O–H groups in total. The van der Waals surface area contributed by atoms with Crippen LogP contribution in [-0.4, -0.2) is 20.1 Å². The van der Waals surface area contributed by atoms with E-state index in [0.717, 1.165) is 15.4 Å². The zero-order valence-electron chi connectivity index (χ0n) is 16.8. The van der Waals surface area contributed by atoms with Gasteiger partial charge in [-0.3, -0.25) is 9.59 Å². The zero-order valence-corrected chi connectivity index (χ0v) is 17.7. The minimum absolute atomic E-state index is 0.162. The first-order chi connectivity index (χ1) is 14.3. The van der Waals surface area contributed by atoms with Crippen LogP contribution in [0.4, 0.5) is 4.39 Å². The largest absolute Gasteiger partial charge is 0.318 e. The van der Waals surface area contributed by atoms with E-state index in [1.807, 2.05) is 37.5 Å². The summed E-state index contributed by atoms with van der Waals surface area (Å²) in [6.07, 6.45) is 0. The van der Waals surface area contributed by atoms with Gasteiger partial charge in [-0.1, -0.05) is 6.07 Å². The van der Waals surface area contributed by atoms with E-state index in [9.17, 15) is 14.0 Å². The molecule has 4 aromatic rings. The Kier molecular flexibility index (Phi) is 5.22. The summed E-state index contributed by atoms with van der Waals surface area (Å²) in [5, 5.41) is 4.39. The van der Waals surface area contributed by atoms with Crippen LogP contribution in [0.3, 0.4) is 0 Å². The van der Waals surface area contributed by atoms with E-state index in [-0.39, 0.29) is 23.7 Å². The lowest BCUT2D eigenvalue weighted by atomic mass is 10.1. The van der Waals surface area contributed by atoms with Gasteiger partial charge in [0.05, 0.1) is 4.88 Å². The minimum Gasteiger partial charge on any atom is -0.318 e. The summed E-state index contributed by atoms with van der Waals surface area (Å²) in [5.41, 5.74) is 2.97. The third-order valence-electron chi connectivity index (χ3n) is 4.95. The molecule has 0 fully saturated rings. The predicted molar refractivity (Wildman–Crippen MR) is 116 cm³/mol. The molecule has 0 saturated carbocycles. The van der Waals surface area contributed by atoms with Crippen molar-refractivity contribution in [3.63, 3.8) is 0 Å². The zero-order chi connectivity index (χ0) is 21.4. The molecule has 30 heavy (non-hydrogen) atoms. The summed E-state index contributed by atoms with van der Waals surface area (Å²) in [7, 11) is 0. The first kappa shape index (κ1) is 20.0. The van der Waals surface area contributed by atoms with Crippen molar-refractivity contribution in [3.05, 3.63) is 92.6 Å². The van der Waals surface area contributed by atoms with Gasteiger partial charge in [-0.2, -0.15) is 5.10 Å². The molecule has 3 heterocycles. The van der Waals surface area contributed by atoms with E-state index in [1.54, 1.807) is 35.6 Å². The molecular weight excluding hydrogens is 401 g/mol. The second-order valence-corrected chi connectivity index (χ2v) is 8.44. The second kappa shape index (κ2) is 7.84. The van der Waals surface area contributed by atoms with Crippen molar-refractivity contribution in [2.75, 3.05) is 0 Å². The van der Waals surface area contributed by atoms with Gasteiger partial charge in [0.1, 0.15) is 18.1 Å². The van der Waals surface area contributed by atoms with Crippen molar-refractivity contribution >= 4 is 17.1 Å². The smallest absolute Gasteiger partial charge is 0.267 e. The first-order valence-electron chi connectivity index (χ1n) is 9.46. The van der Waals surface area contributed by atoms with Crippen molar-refractivity contribution in [2.45, 2.75) is 27.3 Å². The quantitative estimate of drug-likeness (QED) is 0.439. The highest BCUT2D eigenvalue weighted by atomic mass is 32.1. The monoisotopic (exact) mass is 421 g/mol. The van der Waals surface area contributed by atoms with Gasteiger partial charge < -0.3 is 4.57 Å². The van der Waals surface area contributed by atoms with Crippen molar-refractivity contribution in [3.8, 4) is 16.3 Å². The Morgan fingerprint density at radius 1 is 1.07 bits per heavy atom. The lowest BCUT2D eigenvalue weighted by Gasteiger charge is -2.10. The third-order valence-corrected chi connectivity index (χ3v) is 5.97. The lowest BCUT2D eigenvalue weighted by molar-refractivity contribution is 0.0965. The molecule has 0 amide bonds. The van der Waals surface area contributed by atoms with Crippen LogP contribution in [0.15, 0.2) is 59.4 Å². The van der Waals surface area contributed by atoms with Crippen LogP contribution >= 0.6 is 11.3 Å². The topological polar surface area (TPSA) is 56.9 Å². The van der Waals surface area contributed by atoms with Crippen LogP contribution in [0.5, 0.6) is 0 Å². The van der Waals surface area contributed by atoms with Gasteiger partial charge in [-0.15, -0.1) is 11.3 Å². The van der Waals surface area contributed by atoms with Gasteiger partial charge in [0.2, 0.25) is 0 Å². The number of hydrogen-bond acceptors (Lipinski definition) is 4. The highest BCUT2D eigenvalue weighted by Gasteiger charge is 2.18. The Morgan fingerprint density at radius 3 is 2.57 bits per heavy atom. The maximum absolute atomic E-state index is 13.7. The number of carbonyl (C=O) groups excluding carboxylic acids is 1. The van der Waals surface area contributed by atoms with Crippen LogP contribution < -0.4 is 5.56 Å². The molecule has 0 radical (unpaired) electrons. The van der Waals surface area contributed by atoms with Crippen molar-refractivity contribution < 1.29 is 9.18 Å². The molecule has 4 rings (SSSR count). The molecular formula is C23H20FN3O2S. The summed E-state index contributed by atoms with van der Waals surface area (Å²) < 4.78 is 16.7. The van der Waals surface area contributed by atoms with Crippen LogP contribution in [0.2, 0.25) is 0 Å². The minimum atomic E-state index is -0.343. The molecule has 0 aliphatic rings. The molecule has 0 bridgehead atoms. The number of benzene rings is 1. The van der Waals surface area contributed by atoms with E-state index >= 15 is 0 Å². The Labute approximate surface area is 177 Å². The van der Waals surface area contributed by atoms with Crippen LogP contribution in [0.1, 0.15) is 26.6 Å². The highest BCUT2D eigenvalue weighted by molar-refractivity contribution is 7.15. The fourth-order valence-electron chi connectivity index (χ4n) is 3.54. The third kappa shape index (κ3) is 3.76. The van der Waals surface area contributed by atoms with Gasteiger partial charge >= 0.3 is 0 Å². The molecule has 0 atom stereocenters. The fraction of sp³-hybridized carbons (Fsp3) is 0.174. The molecule has 0 aliphatic carbocycles. The molecule has 0 saturated heterocycles. The molecule has 5 nitrogen and oxygen atoms in total.